The van der Waals surface area contributed by atoms with E-state index in [1.54, 1.807) is 54.6 Å². The number of benzene rings is 3. The van der Waals surface area contributed by atoms with Gasteiger partial charge in [0.05, 0.1) is 31.7 Å². The molecule has 194 valence electrons. The summed E-state index contributed by atoms with van der Waals surface area (Å²) in [5.41, 5.74) is 2.56. The van der Waals surface area contributed by atoms with Crippen LogP contribution in [0, 0.1) is 5.82 Å². The predicted molar refractivity (Wildman–Crippen MR) is 145 cm³/mol. The van der Waals surface area contributed by atoms with Gasteiger partial charge in [-0.05, 0) is 48.0 Å². The van der Waals surface area contributed by atoms with Gasteiger partial charge in [-0.25, -0.2) is 9.40 Å². The number of ether oxygens (including phenoxy) is 2. The number of nitrogens with one attached hydrogen (secondary N) is 1. The molecule has 2 amide bonds. The van der Waals surface area contributed by atoms with Crippen molar-refractivity contribution >= 4 is 40.1 Å². The van der Waals surface area contributed by atoms with Crippen LogP contribution in [0.2, 0.25) is 0 Å². The van der Waals surface area contributed by atoms with Crippen molar-refractivity contribution in [3.63, 3.8) is 0 Å². The number of methoxy groups -OCH3 is 2. The number of amides is 2. The Kier molecular flexibility index (Phi) is 7.41. The van der Waals surface area contributed by atoms with E-state index in [1.807, 2.05) is 24.3 Å². The molecule has 1 N–H and O–H groups in total. The first-order valence-electron chi connectivity index (χ1n) is 11.9. The van der Waals surface area contributed by atoms with Crippen molar-refractivity contribution in [3.05, 3.63) is 89.7 Å². The lowest BCUT2D eigenvalue weighted by atomic mass is 9.98. The summed E-state index contributed by atoms with van der Waals surface area (Å²) in [4.78, 5) is 29.8. The van der Waals surface area contributed by atoms with Crippen LogP contribution in [0.1, 0.15) is 30.0 Å². The molecule has 0 bridgehead atoms. The number of amidine groups is 1. The average Bonchev–Trinajstić information content (AvgIpc) is 3.53. The van der Waals surface area contributed by atoms with Gasteiger partial charge in [-0.3, -0.25) is 9.59 Å². The maximum Gasteiger partial charge on any atom is 0.262 e. The molecule has 3 aromatic rings. The Morgan fingerprint density at radius 1 is 1.05 bits per heavy atom. The fourth-order valence-electron chi connectivity index (χ4n) is 4.35. The molecule has 0 radical (unpaired) electrons. The summed E-state index contributed by atoms with van der Waals surface area (Å²) in [5.74, 6) is 0.0991. The first-order chi connectivity index (χ1) is 18.5. The number of nitrogens with zero attached hydrogens (tertiary/aromatic N) is 3. The zero-order valence-electron chi connectivity index (χ0n) is 20.8. The Bertz CT molecular complexity index is 1430. The third-order valence-corrected chi connectivity index (χ3v) is 7.42. The summed E-state index contributed by atoms with van der Waals surface area (Å²) in [6.07, 6.45) is 0.335. The van der Waals surface area contributed by atoms with Crippen molar-refractivity contribution < 1.29 is 23.5 Å². The molecule has 0 saturated carbocycles. The van der Waals surface area contributed by atoms with Crippen LogP contribution in [-0.2, 0) is 9.59 Å². The van der Waals surface area contributed by atoms with E-state index in [0.29, 0.717) is 34.3 Å². The van der Waals surface area contributed by atoms with Crippen LogP contribution >= 0.6 is 11.8 Å². The van der Waals surface area contributed by atoms with E-state index in [1.165, 1.54) is 13.2 Å². The third kappa shape index (κ3) is 5.26. The molecule has 0 fully saturated rings. The van der Waals surface area contributed by atoms with Gasteiger partial charge in [0.2, 0.25) is 5.91 Å². The van der Waals surface area contributed by atoms with E-state index in [4.69, 9.17) is 14.6 Å². The maximum absolute atomic E-state index is 14.9. The summed E-state index contributed by atoms with van der Waals surface area (Å²) in [6.45, 7) is 0. The number of hydrazone groups is 1. The van der Waals surface area contributed by atoms with Gasteiger partial charge in [-0.1, -0.05) is 42.1 Å². The standard InChI is InChI=1S/C28H25FN4O4S/c1-36-18-13-11-17(12-14-18)22-15-23(19-7-3-4-8-20(19)29)33(32-22)28-31-27(35)25(38-28)16-26(34)30-21-9-5-6-10-24(21)37-2/h3-14,23,25H,15-16H2,1-2H3,(H,30,34)/t23-,25-/m1/s1. The molecule has 2 aliphatic heterocycles. The first-order valence-corrected chi connectivity index (χ1v) is 12.8. The maximum atomic E-state index is 14.9. The Morgan fingerprint density at radius 2 is 1.79 bits per heavy atom. The van der Waals surface area contributed by atoms with Crippen LogP contribution in [0.3, 0.4) is 0 Å². The normalized spacial score (nSPS) is 18.7. The number of aliphatic imine (C=N–C) groups is 1. The molecule has 10 heteroatoms. The van der Waals surface area contributed by atoms with Gasteiger partial charge >= 0.3 is 0 Å². The van der Waals surface area contributed by atoms with Crippen molar-refractivity contribution in [2.45, 2.75) is 24.1 Å². The number of para-hydroxylation sites is 2. The fourth-order valence-corrected chi connectivity index (χ4v) is 5.42. The zero-order chi connectivity index (χ0) is 26.6. The topological polar surface area (TPSA) is 92.6 Å². The summed E-state index contributed by atoms with van der Waals surface area (Å²) < 4.78 is 25.4. The second-order valence-corrected chi connectivity index (χ2v) is 9.82. The van der Waals surface area contributed by atoms with Crippen LogP contribution in [0.5, 0.6) is 11.5 Å². The molecule has 0 aromatic heterocycles. The minimum Gasteiger partial charge on any atom is -0.497 e. The molecule has 0 aliphatic carbocycles. The van der Waals surface area contributed by atoms with Gasteiger partial charge in [0.1, 0.15) is 22.6 Å². The van der Waals surface area contributed by atoms with Crippen LogP contribution in [-0.4, -0.2) is 47.2 Å². The molecule has 2 aliphatic rings. The molecule has 2 atom stereocenters. The van der Waals surface area contributed by atoms with Crippen molar-refractivity contribution in [3.8, 4) is 11.5 Å². The first kappa shape index (κ1) is 25.5. The largest absolute Gasteiger partial charge is 0.497 e. The molecular weight excluding hydrogens is 507 g/mol. The number of carbonyl (C=O) groups excluding carboxylic acids is 2. The second kappa shape index (κ2) is 11.1. The molecule has 3 aromatic carbocycles. The quantitative estimate of drug-likeness (QED) is 0.459. The lowest BCUT2D eigenvalue weighted by molar-refractivity contribution is -0.121. The highest BCUT2D eigenvalue weighted by molar-refractivity contribution is 8.15. The predicted octanol–water partition coefficient (Wildman–Crippen LogP) is 5.02. The molecule has 8 nitrogen and oxygen atoms in total. The lowest BCUT2D eigenvalue weighted by Gasteiger charge is -2.23. The highest BCUT2D eigenvalue weighted by atomic mass is 32.2. The number of rotatable bonds is 7. The number of anilines is 1. The fraction of sp³-hybridized carbons (Fsp3) is 0.214. The van der Waals surface area contributed by atoms with E-state index >= 15 is 0 Å². The molecule has 0 spiro atoms. The van der Waals surface area contributed by atoms with E-state index in [-0.39, 0.29) is 18.1 Å². The number of thioether (sulfide) groups is 1. The summed E-state index contributed by atoms with van der Waals surface area (Å²) in [6, 6.07) is 20.5. The molecule has 2 heterocycles. The number of hydrogen-bond acceptors (Lipinski definition) is 7. The minimum absolute atomic E-state index is 0.0815. The molecule has 38 heavy (non-hydrogen) atoms. The van der Waals surface area contributed by atoms with Gasteiger partial charge in [-0.15, -0.1) is 0 Å². The van der Waals surface area contributed by atoms with Gasteiger partial charge < -0.3 is 14.8 Å². The Morgan fingerprint density at radius 3 is 2.53 bits per heavy atom. The zero-order valence-corrected chi connectivity index (χ0v) is 21.6. The Hall–Kier alpha value is -4.18. The number of carbonyl (C=O) groups is 2. The monoisotopic (exact) mass is 532 g/mol. The second-order valence-electron chi connectivity index (χ2n) is 8.65. The highest BCUT2D eigenvalue weighted by Crippen LogP contribution is 2.39. The minimum atomic E-state index is -0.721. The molecule has 5 rings (SSSR count). The van der Waals surface area contributed by atoms with E-state index in [0.717, 1.165) is 23.0 Å². The smallest absolute Gasteiger partial charge is 0.262 e. The van der Waals surface area contributed by atoms with Crippen molar-refractivity contribution in [1.29, 1.82) is 0 Å². The van der Waals surface area contributed by atoms with Gasteiger partial charge in [0.15, 0.2) is 5.17 Å². The van der Waals surface area contributed by atoms with Crippen molar-refractivity contribution in [2.24, 2.45) is 10.1 Å². The van der Waals surface area contributed by atoms with Gasteiger partial charge in [0.25, 0.3) is 5.91 Å². The van der Waals surface area contributed by atoms with Crippen LogP contribution in [0.25, 0.3) is 0 Å². The van der Waals surface area contributed by atoms with E-state index in [2.05, 4.69) is 10.3 Å². The molecule has 0 unspecified atom stereocenters. The van der Waals surface area contributed by atoms with Crippen molar-refractivity contribution in [1.82, 2.24) is 5.01 Å². The summed E-state index contributed by atoms with van der Waals surface area (Å²) in [5, 5.41) is 8.76. The van der Waals surface area contributed by atoms with Crippen LogP contribution in [0.4, 0.5) is 10.1 Å². The third-order valence-electron chi connectivity index (χ3n) is 6.27. The SMILES string of the molecule is COc1ccc(C2=NN(C3=NC(=O)[C@@H](CC(=O)Nc4ccccc4OC)S3)[C@@H](c3ccccc3F)C2)cc1. The Labute approximate surface area is 223 Å². The average molecular weight is 533 g/mol. The van der Waals surface area contributed by atoms with Gasteiger partial charge in [0, 0.05) is 18.4 Å². The van der Waals surface area contributed by atoms with Gasteiger partial charge in [-0.2, -0.15) is 10.1 Å². The number of halogens is 1. The molecule has 0 saturated heterocycles. The van der Waals surface area contributed by atoms with E-state index in [9.17, 15) is 14.0 Å². The summed E-state index contributed by atoms with van der Waals surface area (Å²) >= 11 is 1.16. The van der Waals surface area contributed by atoms with E-state index < -0.39 is 17.2 Å². The highest BCUT2D eigenvalue weighted by Gasteiger charge is 2.40. The molecular formula is C28H25FN4O4S. The van der Waals surface area contributed by atoms with Crippen molar-refractivity contribution in [2.75, 3.05) is 19.5 Å². The lowest BCUT2D eigenvalue weighted by Crippen LogP contribution is -2.25. The summed E-state index contributed by atoms with van der Waals surface area (Å²) in [7, 11) is 3.11. The Balaban J connectivity index is 1.36. The number of hydrogen-bond donors (Lipinski definition) is 1. The van der Waals surface area contributed by atoms with Crippen LogP contribution in [0.15, 0.2) is 82.9 Å². The van der Waals surface area contributed by atoms with Crippen LogP contribution < -0.4 is 14.8 Å².